The van der Waals surface area contributed by atoms with Gasteiger partial charge in [0, 0.05) is 6.20 Å². The van der Waals surface area contributed by atoms with Gasteiger partial charge >= 0.3 is 0 Å². The first-order valence-corrected chi connectivity index (χ1v) is 5.45. The molecule has 1 aromatic carbocycles. The first-order chi connectivity index (χ1) is 9.11. The van der Waals surface area contributed by atoms with Crippen molar-refractivity contribution in [2.75, 3.05) is 0 Å². The van der Waals surface area contributed by atoms with Crippen molar-refractivity contribution in [1.29, 1.82) is 5.26 Å². The Bertz CT molecular complexity index is 677. The highest BCUT2D eigenvalue weighted by Gasteiger charge is 2.12. The number of nitrogens with zero attached hydrogens (tertiary/aromatic N) is 2. The van der Waals surface area contributed by atoms with Gasteiger partial charge in [-0.25, -0.2) is 9.37 Å². The molecule has 0 saturated heterocycles. The maximum atomic E-state index is 13.7. The zero-order valence-corrected chi connectivity index (χ0v) is 10.1. The summed E-state index contributed by atoms with van der Waals surface area (Å²) in [5.74, 6) is -0.949. The number of benzene rings is 1. The van der Waals surface area contributed by atoms with Crippen LogP contribution in [0.15, 0.2) is 36.5 Å². The fourth-order valence-electron chi connectivity index (χ4n) is 1.50. The van der Waals surface area contributed by atoms with E-state index in [1.807, 2.05) is 6.07 Å². The summed E-state index contributed by atoms with van der Waals surface area (Å²) in [5.41, 5.74) is 0.462. The number of nitriles is 1. The molecule has 0 N–H and O–H groups in total. The van der Waals surface area contributed by atoms with Gasteiger partial charge in [0.25, 0.3) is 0 Å². The van der Waals surface area contributed by atoms with Crippen molar-refractivity contribution >= 4 is 5.78 Å². The molecule has 0 aliphatic rings. The average Bonchev–Trinajstić information content (AvgIpc) is 2.41. The summed E-state index contributed by atoms with van der Waals surface area (Å²) in [7, 11) is 0. The molecule has 0 amide bonds. The Labute approximate surface area is 109 Å². The van der Waals surface area contributed by atoms with Gasteiger partial charge < -0.3 is 4.74 Å². The number of pyridine rings is 1. The van der Waals surface area contributed by atoms with Gasteiger partial charge in [0.15, 0.2) is 17.3 Å². The molecule has 0 aliphatic carbocycles. The zero-order chi connectivity index (χ0) is 13.8. The number of Topliss-reactive ketones (excluding diaryl/α,β-unsaturated/α-hetero) is 1. The molecule has 94 valence electrons. The van der Waals surface area contributed by atoms with E-state index in [0.29, 0.717) is 0 Å². The Balaban J connectivity index is 2.37. The molecule has 2 rings (SSSR count). The molecule has 4 nitrogen and oxygen atoms in total. The standard InChI is InChI=1S/C14H9FN2O2/c1-9(18)11-3-2-6-17-14(11)19-13-5-4-10(8-16)7-12(13)15/h2-7H,1H3. The third-order valence-electron chi connectivity index (χ3n) is 2.42. The second kappa shape index (κ2) is 5.27. The molecule has 5 heteroatoms. The first-order valence-electron chi connectivity index (χ1n) is 5.45. The number of rotatable bonds is 3. The van der Waals surface area contributed by atoms with Crippen LogP contribution < -0.4 is 4.74 Å². The lowest BCUT2D eigenvalue weighted by atomic mass is 10.2. The van der Waals surface area contributed by atoms with Crippen LogP contribution in [-0.4, -0.2) is 10.8 Å². The van der Waals surface area contributed by atoms with E-state index in [0.717, 1.165) is 6.07 Å². The Morgan fingerprint density at radius 1 is 1.42 bits per heavy atom. The highest BCUT2D eigenvalue weighted by atomic mass is 19.1. The van der Waals surface area contributed by atoms with Crippen LogP contribution in [-0.2, 0) is 0 Å². The summed E-state index contributed by atoms with van der Waals surface area (Å²) in [6.45, 7) is 1.37. The van der Waals surface area contributed by atoms with Gasteiger partial charge in [-0.05, 0) is 37.3 Å². The molecule has 0 saturated carbocycles. The number of ether oxygens (including phenoxy) is 1. The Kier molecular flexibility index (Phi) is 3.53. The number of aromatic nitrogens is 1. The maximum absolute atomic E-state index is 13.7. The lowest BCUT2D eigenvalue weighted by Gasteiger charge is -2.08. The van der Waals surface area contributed by atoms with Crippen molar-refractivity contribution in [2.45, 2.75) is 6.92 Å². The van der Waals surface area contributed by atoms with Crippen LogP contribution in [0.1, 0.15) is 22.8 Å². The number of carbonyl (C=O) groups is 1. The van der Waals surface area contributed by atoms with Crippen LogP contribution in [0.5, 0.6) is 11.6 Å². The maximum Gasteiger partial charge on any atom is 0.230 e. The largest absolute Gasteiger partial charge is 0.435 e. The molecule has 1 aromatic heterocycles. The van der Waals surface area contributed by atoms with Crippen LogP contribution >= 0.6 is 0 Å². The number of carbonyl (C=O) groups excluding carboxylic acids is 1. The van der Waals surface area contributed by atoms with Crippen molar-refractivity contribution < 1.29 is 13.9 Å². The summed E-state index contributed by atoms with van der Waals surface area (Å²) < 4.78 is 19.0. The molecule has 2 aromatic rings. The van der Waals surface area contributed by atoms with Gasteiger partial charge in [0.1, 0.15) is 0 Å². The van der Waals surface area contributed by atoms with Gasteiger partial charge in [-0.15, -0.1) is 0 Å². The van der Waals surface area contributed by atoms with Gasteiger partial charge in [-0.3, -0.25) is 4.79 Å². The number of ketones is 1. The van der Waals surface area contributed by atoms with Gasteiger partial charge in [0.05, 0.1) is 17.2 Å². The van der Waals surface area contributed by atoms with E-state index in [4.69, 9.17) is 10.00 Å². The highest BCUT2D eigenvalue weighted by molar-refractivity contribution is 5.96. The van der Waals surface area contributed by atoms with Crippen molar-refractivity contribution in [3.63, 3.8) is 0 Å². The summed E-state index contributed by atoms with van der Waals surface area (Å²) in [6.07, 6.45) is 1.45. The van der Waals surface area contributed by atoms with E-state index in [-0.39, 0.29) is 28.5 Å². The molecule has 0 radical (unpaired) electrons. The molecule has 0 atom stereocenters. The van der Waals surface area contributed by atoms with Crippen LogP contribution in [0, 0.1) is 17.1 Å². The van der Waals surface area contributed by atoms with Crippen molar-refractivity contribution in [3.05, 3.63) is 53.5 Å². The third kappa shape index (κ3) is 2.75. The Hall–Kier alpha value is -2.74. The SMILES string of the molecule is CC(=O)c1cccnc1Oc1ccc(C#N)cc1F. The first kappa shape index (κ1) is 12.7. The smallest absolute Gasteiger partial charge is 0.230 e. The summed E-state index contributed by atoms with van der Waals surface area (Å²) >= 11 is 0. The average molecular weight is 256 g/mol. The summed E-state index contributed by atoms with van der Waals surface area (Å²) in [6, 6.07) is 8.78. The van der Waals surface area contributed by atoms with E-state index in [1.165, 1.54) is 25.3 Å². The lowest BCUT2D eigenvalue weighted by Crippen LogP contribution is -2.00. The van der Waals surface area contributed by atoms with Gasteiger partial charge in [-0.1, -0.05) is 0 Å². The summed E-state index contributed by atoms with van der Waals surface area (Å²) in [4.78, 5) is 15.3. The number of halogens is 1. The molecule has 1 heterocycles. The van der Waals surface area contributed by atoms with Crippen LogP contribution in [0.2, 0.25) is 0 Å². The normalized spacial score (nSPS) is 9.74. The van der Waals surface area contributed by atoms with Crippen LogP contribution in [0.3, 0.4) is 0 Å². The van der Waals surface area contributed by atoms with E-state index >= 15 is 0 Å². The fourth-order valence-corrected chi connectivity index (χ4v) is 1.50. The minimum Gasteiger partial charge on any atom is -0.435 e. The topological polar surface area (TPSA) is 63.0 Å². The van der Waals surface area contributed by atoms with Gasteiger partial charge in [0.2, 0.25) is 5.88 Å². The van der Waals surface area contributed by atoms with E-state index in [2.05, 4.69) is 4.98 Å². The zero-order valence-electron chi connectivity index (χ0n) is 10.1. The molecule has 0 aliphatic heterocycles. The molecular weight excluding hydrogens is 247 g/mol. The molecule has 19 heavy (non-hydrogen) atoms. The number of hydrogen-bond acceptors (Lipinski definition) is 4. The molecule has 0 spiro atoms. The van der Waals surface area contributed by atoms with Crippen molar-refractivity contribution in [3.8, 4) is 17.7 Å². The van der Waals surface area contributed by atoms with E-state index < -0.39 is 5.82 Å². The quantitative estimate of drug-likeness (QED) is 0.791. The van der Waals surface area contributed by atoms with E-state index in [1.54, 1.807) is 12.1 Å². The van der Waals surface area contributed by atoms with Crippen molar-refractivity contribution in [1.82, 2.24) is 4.98 Å². The molecule has 0 bridgehead atoms. The second-order valence-corrected chi connectivity index (χ2v) is 3.77. The van der Waals surface area contributed by atoms with Crippen LogP contribution in [0.25, 0.3) is 0 Å². The Morgan fingerprint density at radius 2 is 2.21 bits per heavy atom. The predicted octanol–water partition coefficient (Wildman–Crippen LogP) is 3.09. The minimum absolute atomic E-state index is 0.0404. The predicted molar refractivity (Wildman–Crippen MR) is 65.4 cm³/mol. The minimum atomic E-state index is -0.681. The second-order valence-electron chi connectivity index (χ2n) is 3.77. The number of hydrogen-bond donors (Lipinski definition) is 0. The fraction of sp³-hybridized carbons (Fsp3) is 0.0714. The van der Waals surface area contributed by atoms with Gasteiger partial charge in [-0.2, -0.15) is 5.26 Å². The Morgan fingerprint density at radius 3 is 2.84 bits per heavy atom. The summed E-state index contributed by atoms with van der Waals surface area (Å²) in [5, 5.41) is 8.65. The lowest BCUT2D eigenvalue weighted by molar-refractivity contribution is 0.101. The van der Waals surface area contributed by atoms with Crippen molar-refractivity contribution in [2.24, 2.45) is 0 Å². The van der Waals surface area contributed by atoms with Crippen LogP contribution in [0.4, 0.5) is 4.39 Å². The molecule has 0 unspecified atom stereocenters. The highest BCUT2D eigenvalue weighted by Crippen LogP contribution is 2.26. The third-order valence-corrected chi connectivity index (χ3v) is 2.42. The monoisotopic (exact) mass is 256 g/mol. The molecular formula is C14H9FN2O2. The molecule has 0 fully saturated rings. The van der Waals surface area contributed by atoms with E-state index in [9.17, 15) is 9.18 Å².